The quantitative estimate of drug-likeness (QED) is 0.803. The summed E-state index contributed by atoms with van der Waals surface area (Å²) >= 11 is 6.09. The van der Waals surface area contributed by atoms with Crippen LogP contribution in [-0.2, 0) is 11.2 Å². The molecule has 1 aliphatic rings. The van der Waals surface area contributed by atoms with E-state index in [0.717, 1.165) is 24.8 Å². The molecule has 0 unspecified atom stereocenters. The standard InChI is InChI=1S/C20H28ClN5O/c1-5-16(6-2)26-18(14-7-9-15(21)10-8-14)13(3)11-20(4,19(26)27)12-17-22-24-25-23-17/h7-10,13,16,18H,5-6,11-12H2,1-4H3,(H,22,23,24,25)/t13-,18-,20+/m0/s1. The van der Waals surface area contributed by atoms with Crippen molar-refractivity contribution < 1.29 is 4.79 Å². The molecule has 1 aliphatic heterocycles. The normalized spacial score (nSPS) is 26.0. The molecule has 3 rings (SSSR count). The molecule has 2 heterocycles. The molecule has 0 radical (unpaired) electrons. The lowest BCUT2D eigenvalue weighted by Crippen LogP contribution is -2.56. The molecule has 1 saturated heterocycles. The van der Waals surface area contributed by atoms with Gasteiger partial charge in [-0.25, -0.2) is 5.10 Å². The number of carbonyl (C=O) groups excluding carboxylic acids is 1. The van der Waals surface area contributed by atoms with Gasteiger partial charge in [0.1, 0.15) is 5.82 Å². The fraction of sp³-hybridized carbons (Fsp3) is 0.600. The van der Waals surface area contributed by atoms with Gasteiger partial charge < -0.3 is 4.90 Å². The SMILES string of the molecule is CCC(CC)N1C(=O)[C@@](C)(Cc2nnn[nH]2)C[C@H](C)[C@H]1c1ccc(Cl)cc1. The maximum Gasteiger partial charge on any atom is 0.229 e. The molecule has 0 saturated carbocycles. The van der Waals surface area contributed by atoms with Crippen LogP contribution in [0.5, 0.6) is 0 Å². The highest BCUT2D eigenvalue weighted by atomic mass is 35.5. The lowest BCUT2D eigenvalue weighted by atomic mass is 9.69. The van der Waals surface area contributed by atoms with Gasteiger partial charge >= 0.3 is 0 Å². The van der Waals surface area contributed by atoms with Crippen LogP contribution in [0.4, 0.5) is 0 Å². The molecule has 3 atom stereocenters. The minimum Gasteiger partial charge on any atom is -0.332 e. The molecular formula is C20H28ClN5O. The predicted octanol–water partition coefficient (Wildman–Crippen LogP) is 4.20. The van der Waals surface area contributed by atoms with Crippen molar-refractivity contribution in [1.82, 2.24) is 25.5 Å². The van der Waals surface area contributed by atoms with Gasteiger partial charge in [-0.3, -0.25) is 4.79 Å². The van der Waals surface area contributed by atoms with Gasteiger partial charge in [0.15, 0.2) is 0 Å². The van der Waals surface area contributed by atoms with Crippen LogP contribution in [0.1, 0.15) is 64.4 Å². The smallest absolute Gasteiger partial charge is 0.229 e. The molecule has 0 aliphatic carbocycles. The lowest BCUT2D eigenvalue weighted by molar-refractivity contribution is -0.157. The van der Waals surface area contributed by atoms with E-state index in [-0.39, 0.29) is 18.0 Å². The molecule has 2 aromatic rings. The average molecular weight is 390 g/mol. The van der Waals surface area contributed by atoms with Gasteiger partial charge in [0.2, 0.25) is 5.91 Å². The molecule has 0 bridgehead atoms. The molecule has 1 fully saturated rings. The molecular weight excluding hydrogens is 362 g/mol. The number of rotatable bonds is 6. The Bertz CT molecular complexity index is 759. The fourth-order valence-corrected chi connectivity index (χ4v) is 4.74. The van der Waals surface area contributed by atoms with E-state index in [1.54, 1.807) is 0 Å². The molecule has 27 heavy (non-hydrogen) atoms. The highest BCUT2D eigenvalue weighted by molar-refractivity contribution is 6.30. The van der Waals surface area contributed by atoms with Crippen LogP contribution in [0.2, 0.25) is 5.02 Å². The monoisotopic (exact) mass is 389 g/mol. The van der Waals surface area contributed by atoms with Crippen LogP contribution in [-0.4, -0.2) is 37.5 Å². The van der Waals surface area contributed by atoms with Crippen LogP contribution in [0.15, 0.2) is 24.3 Å². The van der Waals surface area contributed by atoms with Crippen molar-refractivity contribution in [3.63, 3.8) is 0 Å². The Balaban J connectivity index is 2.00. The van der Waals surface area contributed by atoms with E-state index in [9.17, 15) is 4.79 Å². The summed E-state index contributed by atoms with van der Waals surface area (Å²) in [7, 11) is 0. The van der Waals surface area contributed by atoms with E-state index in [4.69, 9.17) is 11.6 Å². The fourth-order valence-electron chi connectivity index (χ4n) is 4.62. The van der Waals surface area contributed by atoms with Crippen molar-refractivity contribution in [2.24, 2.45) is 11.3 Å². The van der Waals surface area contributed by atoms with E-state index < -0.39 is 5.41 Å². The molecule has 0 spiro atoms. The summed E-state index contributed by atoms with van der Waals surface area (Å²) in [4.78, 5) is 15.9. The van der Waals surface area contributed by atoms with E-state index in [1.807, 2.05) is 19.1 Å². The van der Waals surface area contributed by atoms with Crippen molar-refractivity contribution in [3.05, 3.63) is 40.7 Å². The average Bonchev–Trinajstić information content (AvgIpc) is 3.14. The molecule has 6 nitrogen and oxygen atoms in total. The summed E-state index contributed by atoms with van der Waals surface area (Å²) in [6.07, 6.45) is 3.17. The van der Waals surface area contributed by atoms with Gasteiger partial charge in [0.05, 0.1) is 11.5 Å². The Morgan fingerprint density at radius 1 is 1.30 bits per heavy atom. The number of aromatic nitrogens is 4. The zero-order valence-electron chi connectivity index (χ0n) is 16.4. The first-order valence-electron chi connectivity index (χ1n) is 9.70. The van der Waals surface area contributed by atoms with Gasteiger partial charge in [-0.15, -0.1) is 5.10 Å². The zero-order chi connectivity index (χ0) is 19.6. The van der Waals surface area contributed by atoms with Gasteiger partial charge in [-0.05, 0) is 53.3 Å². The Morgan fingerprint density at radius 3 is 2.52 bits per heavy atom. The number of hydrogen-bond donors (Lipinski definition) is 1. The summed E-state index contributed by atoms with van der Waals surface area (Å²) in [5, 5.41) is 14.9. The van der Waals surface area contributed by atoms with Gasteiger partial charge in [0, 0.05) is 17.5 Å². The van der Waals surface area contributed by atoms with E-state index in [1.165, 1.54) is 0 Å². The minimum atomic E-state index is -0.522. The number of nitrogens with one attached hydrogen (secondary N) is 1. The van der Waals surface area contributed by atoms with Crippen LogP contribution in [0, 0.1) is 11.3 Å². The Kier molecular flexibility index (Phi) is 5.84. The summed E-state index contributed by atoms with van der Waals surface area (Å²) in [6, 6.07) is 8.18. The number of benzene rings is 1. The summed E-state index contributed by atoms with van der Waals surface area (Å²) in [5.41, 5.74) is 0.627. The Hall–Kier alpha value is -1.95. The number of nitrogens with zero attached hydrogens (tertiary/aromatic N) is 4. The Morgan fingerprint density at radius 2 is 1.96 bits per heavy atom. The van der Waals surface area contributed by atoms with E-state index in [2.05, 4.69) is 58.4 Å². The minimum absolute atomic E-state index is 0.0561. The maximum absolute atomic E-state index is 13.7. The molecule has 1 amide bonds. The summed E-state index contributed by atoms with van der Waals surface area (Å²) in [6.45, 7) is 8.58. The number of hydrogen-bond acceptors (Lipinski definition) is 4. The summed E-state index contributed by atoms with van der Waals surface area (Å²) < 4.78 is 0. The van der Waals surface area contributed by atoms with Gasteiger partial charge in [-0.2, -0.15) is 0 Å². The van der Waals surface area contributed by atoms with Crippen LogP contribution >= 0.6 is 11.6 Å². The number of H-pyrrole nitrogens is 1. The van der Waals surface area contributed by atoms with Gasteiger partial charge in [-0.1, -0.05) is 51.4 Å². The second-order valence-corrected chi connectivity index (χ2v) is 8.38. The third-order valence-electron chi connectivity index (χ3n) is 5.86. The number of carbonyl (C=O) groups is 1. The summed E-state index contributed by atoms with van der Waals surface area (Å²) in [5.74, 6) is 1.16. The molecule has 1 aromatic carbocycles. The van der Waals surface area contributed by atoms with Crippen molar-refractivity contribution in [2.45, 2.75) is 65.5 Å². The van der Waals surface area contributed by atoms with E-state index >= 15 is 0 Å². The van der Waals surface area contributed by atoms with Crippen molar-refractivity contribution in [2.75, 3.05) is 0 Å². The van der Waals surface area contributed by atoms with Crippen molar-refractivity contribution >= 4 is 17.5 Å². The molecule has 146 valence electrons. The molecule has 1 aromatic heterocycles. The first-order chi connectivity index (χ1) is 12.9. The number of piperidine rings is 1. The Labute approximate surface area is 165 Å². The van der Waals surface area contributed by atoms with E-state index in [0.29, 0.717) is 23.2 Å². The maximum atomic E-state index is 13.7. The van der Waals surface area contributed by atoms with Gasteiger partial charge in [0.25, 0.3) is 0 Å². The van der Waals surface area contributed by atoms with Crippen LogP contribution in [0.25, 0.3) is 0 Å². The number of aromatic amines is 1. The zero-order valence-corrected chi connectivity index (χ0v) is 17.2. The first-order valence-corrected chi connectivity index (χ1v) is 10.1. The largest absolute Gasteiger partial charge is 0.332 e. The number of tetrazole rings is 1. The van der Waals surface area contributed by atoms with Crippen LogP contribution < -0.4 is 0 Å². The van der Waals surface area contributed by atoms with Crippen molar-refractivity contribution in [3.8, 4) is 0 Å². The third-order valence-corrected chi connectivity index (χ3v) is 6.11. The second-order valence-electron chi connectivity index (χ2n) is 7.95. The third kappa shape index (κ3) is 3.86. The predicted molar refractivity (Wildman–Crippen MR) is 105 cm³/mol. The number of likely N-dealkylation sites (tertiary alicyclic amines) is 1. The number of amides is 1. The highest BCUT2D eigenvalue weighted by Crippen LogP contribution is 2.47. The number of halogens is 1. The molecule has 7 heteroatoms. The topological polar surface area (TPSA) is 74.8 Å². The van der Waals surface area contributed by atoms with Crippen molar-refractivity contribution in [1.29, 1.82) is 0 Å². The lowest BCUT2D eigenvalue weighted by Gasteiger charge is -2.51. The highest BCUT2D eigenvalue weighted by Gasteiger charge is 2.49. The molecule has 1 N–H and O–H groups in total. The second kappa shape index (κ2) is 7.97. The first kappa shape index (κ1) is 19.8. The van der Waals surface area contributed by atoms with Crippen LogP contribution in [0.3, 0.4) is 0 Å².